The molecule has 2 aliphatic heterocycles. The molecule has 0 aliphatic carbocycles. The number of hydrogen-bond donors (Lipinski definition) is 1. The number of β-amino-alcohol motifs (C(OH)–C–C–N with tert-alkyl or cyclic N) is 1. The van der Waals surface area contributed by atoms with Gasteiger partial charge in [-0.05, 0) is 42.0 Å². The zero-order chi connectivity index (χ0) is 21.2. The summed E-state index contributed by atoms with van der Waals surface area (Å²) in [5.74, 6) is 0.751. The highest BCUT2D eigenvalue weighted by Gasteiger charge is 2.37. The Bertz CT molecular complexity index is 991. The third kappa shape index (κ3) is 4.32. The summed E-state index contributed by atoms with van der Waals surface area (Å²) in [4.78, 5) is 11.3. The number of rotatable bonds is 5. The van der Waals surface area contributed by atoms with Gasteiger partial charge in [-0.3, -0.25) is 9.80 Å². The van der Waals surface area contributed by atoms with Crippen molar-refractivity contribution in [2.75, 3.05) is 44.2 Å². The minimum atomic E-state index is -0.414. The van der Waals surface area contributed by atoms with Crippen LogP contribution in [0.3, 0.4) is 0 Å². The smallest absolute Gasteiger partial charge is 0.128 e. The molecule has 7 nitrogen and oxygen atoms in total. The van der Waals surface area contributed by atoms with Crippen molar-refractivity contribution in [1.29, 1.82) is 0 Å². The molecule has 0 amide bonds. The summed E-state index contributed by atoms with van der Waals surface area (Å²) >= 11 is 0. The quantitative estimate of drug-likeness (QED) is 0.676. The van der Waals surface area contributed by atoms with E-state index in [2.05, 4.69) is 24.8 Å². The fraction of sp³-hybridized carbons (Fsp3) is 0.391. The van der Waals surface area contributed by atoms with Gasteiger partial charge in [0.2, 0.25) is 0 Å². The lowest BCUT2D eigenvalue weighted by Gasteiger charge is -2.39. The highest BCUT2D eigenvalue weighted by Crippen LogP contribution is 2.24. The van der Waals surface area contributed by atoms with Crippen molar-refractivity contribution >= 4 is 5.82 Å². The van der Waals surface area contributed by atoms with Crippen LogP contribution < -0.4 is 4.90 Å². The maximum atomic E-state index is 14.0. The van der Waals surface area contributed by atoms with E-state index in [-0.39, 0.29) is 11.9 Å². The van der Waals surface area contributed by atoms with Crippen molar-refractivity contribution in [1.82, 2.24) is 24.6 Å². The second-order valence-corrected chi connectivity index (χ2v) is 8.26. The van der Waals surface area contributed by atoms with Crippen LogP contribution in [0.1, 0.15) is 5.56 Å². The molecule has 1 N–H and O–H groups in total. The van der Waals surface area contributed by atoms with Crippen LogP contribution in [-0.2, 0) is 6.54 Å². The van der Waals surface area contributed by atoms with Gasteiger partial charge in [0.1, 0.15) is 11.6 Å². The largest absolute Gasteiger partial charge is 0.390 e. The van der Waals surface area contributed by atoms with Crippen molar-refractivity contribution in [3.63, 3.8) is 0 Å². The van der Waals surface area contributed by atoms with E-state index in [0.29, 0.717) is 13.1 Å². The number of benzene rings is 1. The number of aliphatic hydroxyl groups excluding tert-OH is 1. The molecule has 1 aromatic carbocycles. The number of halogens is 1. The summed E-state index contributed by atoms with van der Waals surface area (Å²) in [7, 11) is 0. The fourth-order valence-corrected chi connectivity index (χ4v) is 4.71. The second kappa shape index (κ2) is 8.74. The molecule has 0 spiro atoms. The molecule has 31 heavy (non-hydrogen) atoms. The summed E-state index contributed by atoms with van der Waals surface area (Å²) in [6.45, 7) is 5.50. The van der Waals surface area contributed by atoms with Crippen LogP contribution in [-0.4, -0.2) is 81.1 Å². The molecule has 8 heteroatoms. The Balaban J connectivity index is 1.23. The molecule has 0 unspecified atom stereocenters. The molecule has 2 aromatic heterocycles. The van der Waals surface area contributed by atoms with Gasteiger partial charge in [-0.25, -0.2) is 14.1 Å². The number of hydrogen-bond acceptors (Lipinski definition) is 6. The van der Waals surface area contributed by atoms with Crippen molar-refractivity contribution < 1.29 is 9.50 Å². The first-order valence-electron chi connectivity index (χ1n) is 10.8. The van der Waals surface area contributed by atoms with Gasteiger partial charge in [0.25, 0.3) is 0 Å². The molecule has 2 fully saturated rings. The van der Waals surface area contributed by atoms with Crippen molar-refractivity contribution in [2.45, 2.75) is 18.7 Å². The number of aliphatic hydroxyl groups is 1. The van der Waals surface area contributed by atoms with Gasteiger partial charge in [0.05, 0.1) is 11.8 Å². The van der Waals surface area contributed by atoms with Crippen LogP contribution in [0.25, 0.3) is 5.69 Å². The molecular weight excluding hydrogens is 395 g/mol. The standard InChI is InChI=1S/C23H27FN6O/c24-19-5-6-20(30-9-3-8-26-30)18(14-19)15-27-16-21(22(31)17-27)28-10-12-29(13-11-28)23-4-1-2-7-25-23/h1-9,14,21-22,31H,10-13,15-17H2/t21-,22-/m1/s1. The first kappa shape index (κ1) is 20.1. The average molecular weight is 423 g/mol. The first-order chi connectivity index (χ1) is 15.2. The van der Waals surface area contributed by atoms with E-state index in [1.165, 1.54) is 6.07 Å². The molecule has 2 atom stereocenters. The maximum Gasteiger partial charge on any atom is 0.128 e. The summed E-state index contributed by atoms with van der Waals surface area (Å²) in [5.41, 5.74) is 1.74. The fourth-order valence-electron chi connectivity index (χ4n) is 4.71. The van der Waals surface area contributed by atoms with Gasteiger partial charge in [0.15, 0.2) is 0 Å². The summed E-state index contributed by atoms with van der Waals surface area (Å²) in [5, 5.41) is 15.1. The zero-order valence-corrected chi connectivity index (χ0v) is 17.4. The number of aromatic nitrogens is 3. The van der Waals surface area contributed by atoms with E-state index in [0.717, 1.165) is 49.8 Å². The highest BCUT2D eigenvalue weighted by atomic mass is 19.1. The predicted octanol–water partition coefficient (Wildman–Crippen LogP) is 1.77. The highest BCUT2D eigenvalue weighted by molar-refractivity contribution is 5.41. The van der Waals surface area contributed by atoms with Crippen LogP contribution in [0.4, 0.5) is 10.2 Å². The van der Waals surface area contributed by atoms with Gasteiger partial charge in [-0.15, -0.1) is 0 Å². The molecule has 0 radical (unpaired) electrons. The van der Waals surface area contributed by atoms with Crippen molar-refractivity contribution in [3.8, 4) is 5.69 Å². The van der Waals surface area contributed by atoms with Gasteiger partial charge >= 0.3 is 0 Å². The molecular formula is C23H27FN6O. The summed E-state index contributed by atoms with van der Waals surface area (Å²) in [6.07, 6.45) is 4.99. The van der Waals surface area contributed by atoms with Gasteiger partial charge in [0, 0.05) is 70.4 Å². The van der Waals surface area contributed by atoms with Crippen molar-refractivity contribution in [3.05, 3.63) is 72.4 Å². The summed E-state index contributed by atoms with van der Waals surface area (Å²) < 4.78 is 15.7. The number of anilines is 1. The van der Waals surface area contributed by atoms with E-state index in [9.17, 15) is 9.50 Å². The third-order valence-electron chi connectivity index (χ3n) is 6.28. The molecule has 2 aliphatic rings. The topological polar surface area (TPSA) is 60.7 Å². The second-order valence-electron chi connectivity index (χ2n) is 8.26. The molecule has 0 bridgehead atoms. The lowest BCUT2D eigenvalue weighted by atomic mass is 10.1. The van der Waals surface area contributed by atoms with E-state index in [1.807, 2.05) is 36.7 Å². The molecule has 0 saturated carbocycles. The lowest BCUT2D eigenvalue weighted by Crippen LogP contribution is -2.53. The van der Waals surface area contributed by atoms with E-state index in [4.69, 9.17) is 0 Å². The van der Waals surface area contributed by atoms with Gasteiger partial charge in [-0.2, -0.15) is 5.10 Å². The molecule has 5 rings (SSSR count). The minimum absolute atomic E-state index is 0.0904. The normalized spacial score (nSPS) is 22.8. The lowest BCUT2D eigenvalue weighted by molar-refractivity contribution is 0.0790. The van der Waals surface area contributed by atoms with E-state index >= 15 is 0 Å². The molecule has 3 aromatic rings. The molecule has 162 valence electrons. The number of likely N-dealkylation sites (tertiary alicyclic amines) is 1. The Labute approximate surface area is 181 Å². The number of nitrogens with zero attached hydrogens (tertiary/aromatic N) is 6. The molecule has 4 heterocycles. The number of pyridine rings is 1. The Morgan fingerprint density at radius 1 is 1.00 bits per heavy atom. The van der Waals surface area contributed by atoms with Gasteiger partial charge in [-0.1, -0.05) is 6.07 Å². The van der Waals surface area contributed by atoms with Crippen LogP contribution in [0.15, 0.2) is 61.1 Å². The average Bonchev–Trinajstić information content (AvgIpc) is 3.45. The first-order valence-corrected chi connectivity index (χ1v) is 10.8. The van der Waals surface area contributed by atoms with E-state index < -0.39 is 6.10 Å². The Kier molecular flexibility index (Phi) is 5.67. The van der Waals surface area contributed by atoms with Crippen molar-refractivity contribution in [2.24, 2.45) is 0 Å². The summed E-state index contributed by atoms with van der Waals surface area (Å²) in [6, 6.07) is 12.7. The maximum absolute atomic E-state index is 14.0. The van der Waals surface area contributed by atoms with Crippen LogP contribution in [0, 0.1) is 5.82 Å². The Hall–Kier alpha value is -2.81. The number of piperazine rings is 1. The monoisotopic (exact) mass is 422 g/mol. The van der Waals surface area contributed by atoms with Crippen LogP contribution in [0.2, 0.25) is 0 Å². The van der Waals surface area contributed by atoms with Gasteiger partial charge < -0.3 is 10.0 Å². The van der Waals surface area contributed by atoms with Crippen LogP contribution >= 0.6 is 0 Å². The molecule has 2 saturated heterocycles. The Morgan fingerprint density at radius 3 is 2.61 bits per heavy atom. The minimum Gasteiger partial charge on any atom is -0.390 e. The Morgan fingerprint density at radius 2 is 1.87 bits per heavy atom. The van der Waals surface area contributed by atoms with Crippen LogP contribution in [0.5, 0.6) is 0 Å². The SMILES string of the molecule is O[C@@H]1CN(Cc2cc(F)ccc2-n2cccn2)C[C@H]1N1CCN(c2ccccn2)CC1. The zero-order valence-electron chi connectivity index (χ0n) is 17.4. The predicted molar refractivity (Wildman–Crippen MR) is 117 cm³/mol. The van der Waals surface area contributed by atoms with E-state index in [1.54, 1.807) is 23.0 Å². The third-order valence-corrected chi connectivity index (χ3v) is 6.28.